The summed E-state index contributed by atoms with van der Waals surface area (Å²) in [7, 11) is 0. The van der Waals surface area contributed by atoms with Gasteiger partial charge in [-0.1, -0.05) is 18.2 Å². The number of nitrogens with zero attached hydrogens (tertiary/aromatic N) is 1. The average molecular weight is 506 g/mol. The van der Waals surface area contributed by atoms with Gasteiger partial charge in [0.2, 0.25) is 0 Å². The summed E-state index contributed by atoms with van der Waals surface area (Å²) in [4.78, 5) is 32.9. The second kappa shape index (κ2) is 11.5. The van der Waals surface area contributed by atoms with Gasteiger partial charge in [0.15, 0.2) is 12.1 Å². The van der Waals surface area contributed by atoms with Crippen LogP contribution in [0.4, 0.5) is 5.69 Å². The summed E-state index contributed by atoms with van der Waals surface area (Å²) in [5.41, 5.74) is 11.1. The molecule has 0 aliphatic carbocycles. The molecule has 196 valence electrons. The van der Waals surface area contributed by atoms with Crippen LogP contribution in [0.25, 0.3) is 6.08 Å². The maximum atomic E-state index is 13.1. The monoisotopic (exact) mass is 505 g/mol. The van der Waals surface area contributed by atoms with E-state index in [1.807, 2.05) is 24.3 Å². The van der Waals surface area contributed by atoms with Gasteiger partial charge in [-0.2, -0.15) is 0 Å². The fourth-order valence-corrected chi connectivity index (χ4v) is 5.18. The van der Waals surface area contributed by atoms with E-state index in [-0.39, 0.29) is 11.7 Å². The molecular formula is C29H35N3O5. The molecule has 3 aliphatic heterocycles. The number of likely N-dealkylation sites (tertiary alicyclic amines) is 1. The standard InChI is InChI=1S/C29H35N3O5/c30-23-8-4-21(5-9-23)12-15-32-16-13-29(14-17-32)20-25(33)24-19-22(6-10-26(24)36-29)7-11-27(34)31-37-28-3-1-2-18-35-28/h4-11,19,28H,1-3,12-18,20,30H2,(H,31,34). The number of nitrogen functional groups attached to an aromatic ring is 1. The van der Waals surface area contributed by atoms with Crippen LogP contribution < -0.4 is 16.0 Å². The van der Waals surface area contributed by atoms with Gasteiger partial charge in [0.05, 0.1) is 12.0 Å². The highest BCUT2D eigenvalue weighted by Crippen LogP contribution is 2.39. The molecule has 0 bridgehead atoms. The van der Waals surface area contributed by atoms with E-state index in [2.05, 4.69) is 22.5 Å². The molecule has 2 aromatic rings. The predicted molar refractivity (Wildman–Crippen MR) is 141 cm³/mol. The summed E-state index contributed by atoms with van der Waals surface area (Å²) >= 11 is 0. The van der Waals surface area contributed by atoms with Crippen molar-refractivity contribution in [2.45, 2.75) is 56.8 Å². The third-order valence-electron chi connectivity index (χ3n) is 7.43. The number of fused-ring (bicyclic) bond motifs is 1. The number of hydrogen-bond acceptors (Lipinski definition) is 7. The SMILES string of the molecule is Nc1ccc(CCN2CCC3(CC2)CC(=O)c2cc(C=CC(=O)NOC4CCCCO4)ccc2O3)cc1. The van der Waals surface area contributed by atoms with Crippen LogP contribution >= 0.6 is 0 Å². The Labute approximate surface area is 217 Å². The first-order chi connectivity index (χ1) is 18.0. The Kier molecular flexibility index (Phi) is 7.88. The number of hydroxylamine groups is 1. The lowest BCUT2D eigenvalue weighted by molar-refractivity contribution is -0.198. The van der Waals surface area contributed by atoms with Crippen LogP contribution in [-0.2, 0) is 20.8 Å². The summed E-state index contributed by atoms with van der Waals surface area (Å²) in [6, 6.07) is 13.5. The van der Waals surface area contributed by atoms with Crippen molar-refractivity contribution >= 4 is 23.5 Å². The summed E-state index contributed by atoms with van der Waals surface area (Å²) < 4.78 is 11.9. The second-order valence-corrected chi connectivity index (χ2v) is 10.2. The van der Waals surface area contributed by atoms with E-state index in [0.29, 0.717) is 24.3 Å². The van der Waals surface area contributed by atoms with E-state index < -0.39 is 11.9 Å². The Morgan fingerprint density at radius 3 is 2.73 bits per heavy atom. The number of Topliss-reactive ketones (excluding diaryl/α,β-unsaturated/α-hetero) is 1. The molecule has 8 nitrogen and oxygen atoms in total. The summed E-state index contributed by atoms with van der Waals surface area (Å²) in [5.74, 6) is 0.344. The first-order valence-corrected chi connectivity index (χ1v) is 13.2. The predicted octanol–water partition coefficient (Wildman–Crippen LogP) is 3.90. The number of amides is 1. The number of nitrogens with two attached hydrogens (primary N) is 1. The van der Waals surface area contributed by atoms with Crippen molar-refractivity contribution in [3.63, 3.8) is 0 Å². The van der Waals surface area contributed by atoms with Gasteiger partial charge >= 0.3 is 0 Å². The molecule has 3 heterocycles. The van der Waals surface area contributed by atoms with Gasteiger partial charge in [-0.05, 0) is 60.7 Å². The van der Waals surface area contributed by atoms with Crippen molar-refractivity contribution in [3.8, 4) is 5.75 Å². The first kappa shape index (κ1) is 25.4. The first-order valence-electron chi connectivity index (χ1n) is 13.2. The summed E-state index contributed by atoms with van der Waals surface area (Å²) in [5, 5.41) is 0. The van der Waals surface area contributed by atoms with Gasteiger partial charge in [0, 0.05) is 57.3 Å². The molecule has 2 fully saturated rings. The molecule has 1 amide bonds. The van der Waals surface area contributed by atoms with E-state index in [4.69, 9.17) is 20.0 Å². The maximum absolute atomic E-state index is 13.1. The van der Waals surface area contributed by atoms with Crippen LogP contribution in [0.1, 0.15) is 60.0 Å². The van der Waals surface area contributed by atoms with Crippen LogP contribution in [0.2, 0.25) is 0 Å². The fourth-order valence-electron chi connectivity index (χ4n) is 5.18. The summed E-state index contributed by atoms with van der Waals surface area (Å²) in [6.45, 7) is 3.43. The van der Waals surface area contributed by atoms with Gasteiger partial charge in [-0.25, -0.2) is 10.3 Å². The Morgan fingerprint density at radius 1 is 1.16 bits per heavy atom. The minimum absolute atomic E-state index is 0.0917. The third kappa shape index (κ3) is 6.57. The van der Waals surface area contributed by atoms with E-state index in [1.54, 1.807) is 12.1 Å². The number of nitrogens with one attached hydrogen (secondary N) is 1. The molecule has 37 heavy (non-hydrogen) atoms. The maximum Gasteiger partial charge on any atom is 0.267 e. The number of anilines is 1. The van der Waals surface area contributed by atoms with E-state index in [9.17, 15) is 9.59 Å². The highest BCUT2D eigenvalue weighted by Gasteiger charge is 2.42. The molecule has 8 heteroatoms. The zero-order valence-electron chi connectivity index (χ0n) is 21.1. The van der Waals surface area contributed by atoms with E-state index in [1.165, 1.54) is 11.6 Å². The number of piperidine rings is 1. The van der Waals surface area contributed by atoms with Gasteiger partial charge in [0.1, 0.15) is 11.4 Å². The number of benzene rings is 2. The Morgan fingerprint density at radius 2 is 1.97 bits per heavy atom. The molecule has 0 aromatic heterocycles. The lowest BCUT2D eigenvalue weighted by atomic mass is 9.82. The van der Waals surface area contributed by atoms with E-state index in [0.717, 1.165) is 69.4 Å². The molecule has 1 spiro atoms. The average Bonchev–Trinajstić information content (AvgIpc) is 2.92. The van der Waals surface area contributed by atoms with Crippen molar-refractivity contribution in [1.29, 1.82) is 0 Å². The quantitative estimate of drug-likeness (QED) is 0.334. The molecule has 3 aliphatic rings. The normalized spacial score (nSPS) is 21.5. The van der Waals surface area contributed by atoms with Crippen molar-refractivity contribution in [3.05, 3.63) is 65.2 Å². The molecule has 1 atom stereocenters. The minimum atomic E-state index is -0.433. The van der Waals surface area contributed by atoms with Crippen LogP contribution in [-0.4, -0.2) is 54.7 Å². The lowest BCUT2D eigenvalue weighted by Gasteiger charge is -2.44. The molecule has 1 unspecified atom stereocenters. The number of rotatable bonds is 7. The minimum Gasteiger partial charge on any atom is -0.486 e. The Hall–Kier alpha value is -3.20. The zero-order chi connectivity index (χ0) is 25.7. The smallest absolute Gasteiger partial charge is 0.267 e. The molecule has 0 radical (unpaired) electrons. The molecule has 3 N–H and O–H groups in total. The number of carbonyl (C=O) groups excluding carboxylic acids is 2. The highest BCUT2D eigenvalue weighted by molar-refractivity contribution is 6.01. The zero-order valence-corrected chi connectivity index (χ0v) is 21.1. The molecule has 2 aromatic carbocycles. The van der Waals surface area contributed by atoms with Crippen LogP contribution in [0, 0.1) is 0 Å². The Balaban J connectivity index is 1.13. The van der Waals surface area contributed by atoms with Gasteiger partial charge in [-0.3, -0.25) is 9.59 Å². The van der Waals surface area contributed by atoms with Crippen molar-refractivity contribution in [2.24, 2.45) is 0 Å². The van der Waals surface area contributed by atoms with Crippen LogP contribution in [0.3, 0.4) is 0 Å². The lowest BCUT2D eigenvalue weighted by Crippen LogP contribution is -2.51. The topological polar surface area (TPSA) is 103 Å². The second-order valence-electron chi connectivity index (χ2n) is 10.2. The Bertz CT molecular complexity index is 1130. The van der Waals surface area contributed by atoms with Gasteiger partial charge in [0.25, 0.3) is 5.91 Å². The van der Waals surface area contributed by atoms with Crippen LogP contribution in [0.5, 0.6) is 5.75 Å². The van der Waals surface area contributed by atoms with Gasteiger partial charge < -0.3 is 20.1 Å². The molecule has 5 rings (SSSR count). The molecule has 2 saturated heterocycles. The van der Waals surface area contributed by atoms with Gasteiger partial charge in [-0.15, -0.1) is 0 Å². The number of ether oxygens (including phenoxy) is 2. The molecule has 0 saturated carbocycles. The summed E-state index contributed by atoms with van der Waals surface area (Å²) in [6.07, 6.45) is 8.47. The third-order valence-corrected chi connectivity index (χ3v) is 7.43. The van der Waals surface area contributed by atoms with Crippen molar-refractivity contribution in [1.82, 2.24) is 10.4 Å². The number of hydrogen-bond donors (Lipinski definition) is 2. The van der Waals surface area contributed by atoms with Crippen molar-refractivity contribution < 1.29 is 23.9 Å². The van der Waals surface area contributed by atoms with Crippen LogP contribution in [0.15, 0.2) is 48.5 Å². The highest BCUT2D eigenvalue weighted by atomic mass is 16.8. The fraction of sp³-hybridized carbons (Fsp3) is 0.448. The molecular weight excluding hydrogens is 470 g/mol. The number of carbonyl (C=O) groups is 2. The number of ketones is 1. The van der Waals surface area contributed by atoms with E-state index >= 15 is 0 Å². The largest absolute Gasteiger partial charge is 0.486 e. The van der Waals surface area contributed by atoms with Crippen molar-refractivity contribution in [2.75, 3.05) is 32.0 Å².